The van der Waals surface area contributed by atoms with Crippen molar-refractivity contribution < 1.29 is 23.8 Å². The molecular weight excluding hydrogens is 442 g/mol. The van der Waals surface area contributed by atoms with Gasteiger partial charge in [0.05, 0.1) is 18.9 Å². The molecule has 0 radical (unpaired) electrons. The molecule has 0 bridgehead atoms. The molecule has 35 heavy (non-hydrogen) atoms. The maximum atomic E-state index is 13.4. The number of aryl methyl sites for hydroxylation is 3. The molecule has 182 valence electrons. The number of likely N-dealkylation sites (tertiary alicyclic amines) is 1. The van der Waals surface area contributed by atoms with Gasteiger partial charge in [0.25, 0.3) is 11.7 Å². The molecule has 0 saturated carbocycles. The standard InChI is InChI=1S/C29H31NO5/c1-16(2)21-14-22(19(5)13-24(21)34-6)27(31)25-26(23-8-7-11-35-23)30(29(33)28(25)32)15-20-12-17(3)9-10-18(20)4/h7-14,16,26,31H,15H2,1-6H3/b27-25+. The van der Waals surface area contributed by atoms with Crippen molar-refractivity contribution in [3.8, 4) is 5.75 Å². The molecule has 1 atom stereocenters. The van der Waals surface area contributed by atoms with E-state index in [0.717, 1.165) is 27.8 Å². The van der Waals surface area contributed by atoms with Gasteiger partial charge in [0.2, 0.25) is 0 Å². The normalized spacial score (nSPS) is 17.5. The third kappa shape index (κ3) is 4.36. The van der Waals surface area contributed by atoms with Crippen LogP contribution in [0.1, 0.15) is 64.9 Å². The quantitative estimate of drug-likeness (QED) is 0.271. The van der Waals surface area contributed by atoms with Crippen LogP contribution in [0.5, 0.6) is 5.75 Å². The summed E-state index contributed by atoms with van der Waals surface area (Å²) in [4.78, 5) is 28.1. The number of ketones is 1. The fourth-order valence-corrected chi connectivity index (χ4v) is 4.67. The number of benzene rings is 2. The van der Waals surface area contributed by atoms with E-state index < -0.39 is 17.7 Å². The van der Waals surface area contributed by atoms with Crippen molar-refractivity contribution >= 4 is 17.4 Å². The highest BCUT2D eigenvalue weighted by molar-refractivity contribution is 6.46. The number of aliphatic hydroxyl groups excluding tert-OH is 1. The SMILES string of the molecule is COc1cc(C)c(/C(O)=C2\C(=O)C(=O)N(Cc3cc(C)ccc3C)C2c2ccco2)cc1C(C)C. The van der Waals surface area contributed by atoms with Crippen LogP contribution in [0.15, 0.2) is 58.7 Å². The molecule has 2 aromatic carbocycles. The van der Waals surface area contributed by atoms with Gasteiger partial charge in [0, 0.05) is 12.1 Å². The number of furan rings is 1. The van der Waals surface area contributed by atoms with E-state index in [0.29, 0.717) is 17.1 Å². The monoisotopic (exact) mass is 473 g/mol. The van der Waals surface area contributed by atoms with Gasteiger partial charge in [-0.05, 0) is 73.2 Å². The lowest BCUT2D eigenvalue weighted by molar-refractivity contribution is -0.140. The van der Waals surface area contributed by atoms with E-state index in [-0.39, 0.29) is 23.8 Å². The largest absolute Gasteiger partial charge is 0.507 e. The van der Waals surface area contributed by atoms with Crippen LogP contribution in [0, 0.1) is 20.8 Å². The number of ether oxygens (including phenoxy) is 1. The highest BCUT2D eigenvalue weighted by Crippen LogP contribution is 2.42. The summed E-state index contributed by atoms with van der Waals surface area (Å²) < 4.78 is 11.2. The van der Waals surface area contributed by atoms with Gasteiger partial charge in [-0.15, -0.1) is 0 Å². The van der Waals surface area contributed by atoms with E-state index in [1.165, 1.54) is 11.2 Å². The molecule has 6 heteroatoms. The van der Waals surface area contributed by atoms with Gasteiger partial charge in [0.1, 0.15) is 23.3 Å². The first-order valence-electron chi connectivity index (χ1n) is 11.7. The first-order chi connectivity index (χ1) is 16.6. The summed E-state index contributed by atoms with van der Waals surface area (Å²) in [6.45, 7) is 10.1. The first-order valence-corrected chi connectivity index (χ1v) is 11.7. The number of Topliss-reactive ketones (excluding diaryl/α,β-unsaturated/α-hetero) is 1. The Morgan fingerprint density at radius 1 is 1.09 bits per heavy atom. The average Bonchev–Trinajstić information content (AvgIpc) is 3.43. The first kappa shape index (κ1) is 24.3. The highest BCUT2D eigenvalue weighted by Gasteiger charge is 2.47. The number of nitrogens with zero attached hydrogens (tertiary/aromatic N) is 1. The van der Waals surface area contributed by atoms with Gasteiger partial charge in [0.15, 0.2) is 0 Å². The van der Waals surface area contributed by atoms with E-state index in [4.69, 9.17) is 9.15 Å². The number of carbonyl (C=O) groups excluding carboxylic acids is 2. The number of aliphatic hydroxyl groups is 1. The van der Waals surface area contributed by atoms with Crippen molar-refractivity contribution in [1.82, 2.24) is 4.90 Å². The molecule has 0 spiro atoms. The minimum absolute atomic E-state index is 0.0261. The lowest BCUT2D eigenvalue weighted by atomic mass is 9.92. The molecule has 1 aliphatic heterocycles. The summed E-state index contributed by atoms with van der Waals surface area (Å²) in [6.07, 6.45) is 1.50. The molecule has 1 aromatic heterocycles. The van der Waals surface area contributed by atoms with Crippen LogP contribution >= 0.6 is 0 Å². The van der Waals surface area contributed by atoms with Crippen LogP contribution in [-0.2, 0) is 16.1 Å². The van der Waals surface area contributed by atoms with E-state index in [9.17, 15) is 14.7 Å². The lowest BCUT2D eigenvalue weighted by Crippen LogP contribution is -2.29. The minimum atomic E-state index is -0.839. The van der Waals surface area contributed by atoms with Gasteiger partial charge >= 0.3 is 0 Å². The Morgan fingerprint density at radius 2 is 1.83 bits per heavy atom. The molecule has 2 heterocycles. The number of amides is 1. The second-order valence-electron chi connectivity index (χ2n) is 9.44. The maximum absolute atomic E-state index is 13.4. The number of hydrogen-bond acceptors (Lipinski definition) is 5. The zero-order valence-corrected chi connectivity index (χ0v) is 21.0. The van der Waals surface area contributed by atoms with Gasteiger partial charge < -0.3 is 19.2 Å². The molecule has 6 nitrogen and oxygen atoms in total. The number of carbonyl (C=O) groups is 2. The topological polar surface area (TPSA) is 80.0 Å². The van der Waals surface area contributed by atoms with Crippen LogP contribution in [0.2, 0.25) is 0 Å². The van der Waals surface area contributed by atoms with E-state index >= 15 is 0 Å². The molecule has 3 aromatic rings. The Bertz CT molecular complexity index is 1320. The van der Waals surface area contributed by atoms with Crippen LogP contribution in [-0.4, -0.2) is 28.8 Å². The number of rotatable bonds is 6. The fraction of sp³-hybridized carbons (Fsp3) is 0.310. The second kappa shape index (κ2) is 9.45. The smallest absolute Gasteiger partial charge is 0.296 e. The van der Waals surface area contributed by atoms with Gasteiger partial charge in [-0.25, -0.2) is 0 Å². The van der Waals surface area contributed by atoms with Crippen LogP contribution < -0.4 is 4.74 Å². The summed E-state index contributed by atoms with van der Waals surface area (Å²) in [5, 5.41) is 11.5. The third-order valence-electron chi connectivity index (χ3n) is 6.65. The van der Waals surface area contributed by atoms with Crippen LogP contribution in [0.25, 0.3) is 5.76 Å². The van der Waals surface area contributed by atoms with Crippen molar-refractivity contribution in [2.24, 2.45) is 0 Å². The zero-order valence-electron chi connectivity index (χ0n) is 21.0. The molecule has 1 aliphatic rings. The Balaban J connectivity index is 1.89. The molecule has 1 fully saturated rings. The Morgan fingerprint density at radius 3 is 2.46 bits per heavy atom. The van der Waals surface area contributed by atoms with Crippen molar-refractivity contribution in [2.75, 3.05) is 7.11 Å². The van der Waals surface area contributed by atoms with Crippen molar-refractivity contribution in [3.63, 3.8) is 0 Å². The van der Waals surface area contributed by atoms with Crippen molar-refractivity contribution in [1.29, 1.82) is 0 Å². The summed E-state index contributed by atoms with van der Waals surface area (Å²) in [5.41, 5.74) is 5.18. The Kier molecular flexibility index (Phi) is 6.57. The van der Waals surface area contributed by atoms with Crippen molar-refractivity contribution in [2.45, 2.75) is 53.1 Å². The molecule has 0 aliphatic carbocycles. The molecule has 1 amide bonds. The Hall–Kier alpha value is -3.80. The summed E-state index contributed by atoms with van der Waals surface area (Å²) in [6, 6.07) is 12.3. The lowest BCUT2D eigenvalue weighted by Gasteiger charge is -2.24. The second-order valence-corrected chi connectivity index (χ2v) is 9.44. The predicted octanol–water partition coefficient (Wildman–Crippen LogP) is 5.96. The summed E-state index contributed by atoms with van der Waals surface area (Å²) in [7, 11) is 1.61. The van der Waals surface area contributed by atoms with Crippen molar-refractivity contribution in [3.05, 3.63) is 93.4 Å². The van der Waals surface area contributed by atoms with Gasteiger partial charge in [-0.3, -0.25) is 9.59 Å². The summed E-state index contributed by atoms with van der Waals surface area (Å²) >= 11 is 0. The summed E-state index contributed by atoms with van der Waals surface area (Å²) in [5.74, 6) is -0.335. The van der Waals surface area contributed by atoms with Crippen LogP contribution in [0.3, 0.4) is 0 Å². The fourth-order valence-electron chi connectivity index (χ4n) is 4.67. The number of hydrogen-bond donors (Lipinski definition) is 1. The molecule has 1 saturated heterocycles. The van der Waals surface area contributed by atoms with E-state index in [2.05, 4.69) is 0 Å². The van der Waals surface area contributed by atoms with Gasteiger partial charge in [-0.1, -0.05) is 37.6 Å². The third-order valence-corrected chi connectivity index (χ3v) is 6.65. The molecule has 1 N–H and O–H groups in total. The van der Waals surface area contributed by atoms with E-state index in [1.807, 2.05) is 65.0 Å². The van der Waals surface area contributed by atoms with E-state index in [1.54, 1.807) is 19.2 Å². The average molecular weight is 474 g/mol. The highest BCUT2D eigenvalue weighted by atomic mass is 16.5. The molecule has 1 unspecified atom stereocenters. The van der Waals surface area contributed by atoms with Gasteiger partial charge in [-0.2, -0.15) is 0 Å². The molecular formula is C29H31NO5. The predicted molar refractivity (Wildman–Crippen MR) is 134 cm³/mol. The maximum Gasteiger partial charge on any atom is 0.296 e. The number of methoxy groups -OCH3 is 1. The molecule has 4 rings (SSSR count). The minimum Gasteiger partial charge on any atom is -0.507 e. The zero-order chi connectivity index (χ0) is 25.4. The Labute approximate surface area is 205 Å². The van der Waals surface area contributed by atoms with Crippen LogP contribution in [0.4, 0.5) is 0 Å².